The van der Waals surface area contributed by atoms with E-state index in [0.717, 1.165) is 17.5 Å². The van der Waals surface area contributed by atoms with Crippen molar-refractivity contribution in [1.82, 2.24) is 5.48 Å². The van der Waals surface area contributed by atoms with Crippen LogP contribution in [0.25, 0.3) is 0 Å². The van der Waals surface area contributed by atoms with Gasteiger partial charge in [0.2, 0.25) is 0 Å². The van der Waals surface area contributed by atoms with Crippen molar-refractivity contribution in [2.45, 2.75) is 32.2 Å². The van der Waals surface area contributed by atoms with Crippen LogP contribution in [0.2, 0.25) is 0 Å². The van der Waals surface area contributed by atoms with Gasteiger partial charge in [-0.2, -0.15) is 5.48 Å². The Labute approximate surface area is 119 Å². The van der Waals surface area contributed by atoms with Crippen LogP contribution in [0.1, 0.15) is 37.8 Å². The molecule has 0 saturated carbocycles. The van der Waals surface area contributed by atoms with Crippen LogP contribution in [-0.2, 0) is 19.9 Å². The molecule has 1 aromatic carbocycles. The van der Waals surface area contributed by atoms with E-state index in [-0.39, 0.29) is 5.97 Å². The normalized spacial score (nSPS) is 21.1. The fourth-order valence-electron chi connectivity index (χ4n) is 2.05. The van der Waals surface area contributed by atoms with Crippen LogP contribution < -0.4 is 5.48 Å². The maximum atomic E-state index is 12.2. The summed E-state index contributed by atoms with van der Waals surface area (Å²) in [5, 5.41) is 0. The second-order valence-corrected chi connectivity index (χ2v) is 4.45. The van der Waals surface area contributed by atoms with Crippen LogP contribution >= 0.6 is 0 Å². The van der Waals surface area contributed by atoms with E-state index >= 15 is 0 Å². The maximum Gasteiger partial charge on any atom is 0.333 e. The highest BCUT2D eigenvalue weighted by atomic mass is 16.7. The number of carbonyl (C=O) groups is 1. The molecule has 0 amide bonds. The molecule has 1 N–H and O–H groups in total. The van der Waals surface area contributed by atoms with Crippen molar-refractivity contribution >= 4 is 5.97 Å². The first kappa shape index (κ1) is 14.6. The molecule has 1 heterocycles. The van der Waals surface area contributed by atoms with Crippen molar-refractivity contribution in [1.29, 1.82) is 0 Å². The van der Waals surface area contributed by atoms with Crippen LogP contribution in [0.4, 0.5) is 0 Å². The van der Waals surface area contributed by atoms with Gasteiger partial charge in [0.1, 0.15) is 6.61 Å². The lowest BCUT2D eigenvalue weighted by molar-refractivity contribution is -0.153. The molecule has 1 aromatic rings. The van der Waals surface area contributed by atoms with Gasteiger partial charge >= 0.3 is 5.97 Å². The van der Waals surface area contributed by atoms with Gasteiger partial charge < -0.3 is 4.74 Å². The minimum Gasteiger partial charge on any atom is -0.464 e. The van der Waals surface area contributed by atoms with Crippen LogP contribution in [0.15, 0.2) is 24.3 Å². The molecule has 1 saturated heterocycles. The molecule has 4 heteroatoms. The number of benzene rings is 1. The van der Waals surface area contributed by atoms with Crippen molar-refractivity contribution in [3.63, 3.8) is 0 Å². The Bertz CT molecular complexity index is 519. The molecular formula is C16H18NO3. The minimum absolute atomic E-state index is 0.332. The van der Waals surface area contributed by atoms with Gasteiger partial charge in [0.05, 0.1) is 6.61 Å². The molecule has 1 fully saturated rings. The monoisotopic (exact) mass is 272 g/mol. The molecule has 20 heavy (non-hydrogen) atoms. The van der Waals surface area contributed by atoms with E-state index in [4.69, 9.17) is 9.57 Å². The Kier molecular flexibility index (Phi) is 4.78. The number of ether oxygens (including phenoxy) is 1. The summed E-state index contributed by atoms with van der Waals surface area (Å²) < 4.78 is 5.15. The number of hydrogen-bond donors (Lipinski definition) is 1. The maximum absolute atomic E-state index is 12.2. The van der Waals surface area contributed by atoms with Crippen molar-refractivity contribution in [2.75, 3.05) is 6.61 Å². The van der Waals surface area contributed by atoms with Crippen LogP contribution in [0.3, 0.4) is 0 Å². The molecule has 0 aromatic heterocycles. The number of rotatable bonds is 3. The zero-order valence-electron chi connectivity index (χ0n) is 11.7. The second kappa shape index (κ2) is 6.56. The largest absolute Gasteiger partial charge is 0.464 e. The summed E-state index contributed by atoms with van der Waals surface area (Å²) in [6.45, 7) is 5.70. The van der Waals surface area contributed by atoms with Gasteiger partial charge in [-0.1, -0.05) is 30.9 Å². The van der Waals surface area contributed by atoms with E-state index < -0.39 is 5.54 Å². The predicted octanol–water partition coefficient (Wildman–Crippen LogP) is 2.29. The van der Waals surface area contributed by atoms with Gasteiger partial charge in [-0.3, -0.25) is 4.84 Å². The average molecular weight is 272 g/mol. The smallest absolute Gasteiger partial charge is 0.333 e. The Morgan fingerprint density at radius 3 is 2.70 bits per heavy atom. The first-order valence-corrected chi connectivity index (χ1v) is 6.74. The number of hydroxylamine groups is 1. The second-order valence-electron chi connectivity index (χ2n) is 4.45. The Balaban J connectivity index is 2.28. The standard InChI is InChI=1S/C16H18NO3/c1-3-5-6-13-7-9-14(10-8-13)16(11-12-20-17-16)15(18)19-4-2/h7-10,12,17H,3-4,11H2,1-2H3. The molecule has 1 radical (unpaired) electrons. The zero-order valence-corrected chi connectivity index (χ0v) is 11.7. The number of nitrogens with one attached hydrogen (secondary N) is 1. The SMILES string of the molecule is CCC#Cc1ccc(C2(C(=O)OCC)C[CH]ON2)cc1. The summed E-state index contributed by atoms with van der Waals surface area (Å²) in [7, 11) is 0. The van der Waals surface area contributed by atoms with Gasteiger partial charge in [0.25, 0.3) is 0 Å². The predicted molar refractivity (Wildman–Crippen MR) is 75.1 cm³/mol. The summed E-state index contributed by atoms with van der Waals surface area (Å²) in [6, 6.07) is 7.57. The average Bonchev–Trinajstić information content (AvgIpc) is 2.97. The summed E-state index contributed by atoms with van der Waals surface area (Å²) in [6.07, 6.45) is 1.25. The highest BCUT2D eigenvalue weighted by Gasteiger charge is 2.45. The van der Waals surface area contributed by atoms with E-state index in [1.165, 1.54) is 0 Å². The highest BCUT2D eigenvalue weighted by Crippen LogP contribution is 2.32. The molecule has 105 valence electrons. The Morgan fingerprint density at radius 2 is 2.15 bits per heavy atom. The third kappa shape index (κ3) is 2.84. The topological polar surface area (TPSA) is 47.6 Å². The van der Waals surface area contributed by atoms with Crippen LogP contribution in [0.5, 0.6) is 0 Å². The summed E-state index contributed by atoms with van der Waals surface area (Å²) >= 11 is 0. The van der Waals surface area contributed by atoms with Crippen LogP contribution in [0, 0.1) is 18.4 Å². The van der Waals surface area contributed by atoms with Crippen LogP contribution in [-0.4, -0.2) is 12.6 Å². The Morgan fingerprint density at radius 1 is 1.40 bits per heavy atom. The lowest BCUT2D eigenvalue weighted by atomic mass is 9.88. The van der Waals surface area contributed by atoms with Gasteiger partial charge in [0, 0.05) is 18.4 Å². The van der Waals surface area contributed by atoms with Crippen molar-refractivity contribution in [2.24, 2.45) is 0 Å². The van der Waals surface area contributed by atoms with Crippen molar-refractivity contribution in [3.05, 3.63) is 42.0 Å². The summed E-state index contributed by atoms with van der Waals surface area (Å²) in [4.78, 5) is 17.3. The first-order chi connectivity index (χ1) is 9.73. The molecule has 1 atom stereocenters. The number of carbonyl (C=O) groups excluding carboxylic acids is 1. The van der Waals surface area contributed by atoms with Crippen molar-refractivity contribution < 1.29 is 14.4 Å². The summed E-state index contributed by atoms with van der Waals surface area (Å²) in [5.41, 5.74) is 3.56. The van der Waals surface area contributed by atoms with Gasteiger partial charge in [-0.25, -0.2) is 4.79 Å². The third-order valence-electron chi connectivity index (χ3n) is 3.12. The van der Waals surface area contributed by atoms with E-state index in [9.17, 15) is 4.79 Å². The quantitative estimate of drug-likeness (QED) is 0.677. The molecule has 0 bridgehead atoms. The number of hydrogen-bond acceptors (Lipinski definition) is 4. The molecule has 1 aliphatic heterocycles. The highest BCUT2D eigenvalue weighted by molar-refractivity contribution is 5.83. The number of esters is 1. The van der Waals surface area contributed by atoms with Crippen molar-refractivity contribution in [3.8, 4) is 11.8 Å². The molecule has 2 rings (SSSR count). The first-order valence-electron chi connectivity index (χ1n) is 6.74. The molecule has 1 unspecified atom stereocenters. The Hall–Kier alpha value is -1.83. The zero-order chi connectivity index (χ0) is 14.4. The molecular weight excluding hydrogens is 254 g/mol. The molecule has 0 spiro atoms. The molecule has 0 aliphatic carbocycles. The van der Waals surface area contributed by atoms with Gasteiger partial charge in [0.15, 0.2) is 5.54 Å². The van der Waals surface area contributed by atoms with E-state index in [1.54, 1.807) is 13.5 Å². The summed E-state index contributed by atoms with van der Waals surface area (Å²) in [5.74, 6) is 5.74. The fraction of sp³-hybridized carbons (Fsp3) is 0.375. The van der Waals surface area contributed by atoms with Gasteiger partial charge in [-0.15, -0.1) is 0 Å². The van der Waals surface area contributed by atoms with E-state index in [1.807, 2.05) is 31.2 Å². The van der Waals surface area contributed by atoms with Gasteiger partial charge in [-0.05, 0) is 24.6 Å². The van der Waals surface area contributed by atoms with E-state index in [0.29, 0.717) is 13.0 Å². The molecule has 1 aliphatic rings. The lowest BCUT2D eigenvalue weighted by Gasteiger charge is -2.25. The van der Waals surface area contributed by atoms with E-state index in [2.05, 4.69) is 17.3 Å². The minimum atomic E-state index is -0.952. The fourth-order valence-corrected chi connectivity index (χ4v) is 2.05. The lowest BCUT2D eigenvalue weighted by Crippen LogP contribution is -2.45. The third-order valence-corrected chi connectivity index (χ3v) is 3.12. The molecule has 4 nitrogen and oxygen atoms in total.